The molecule has 5 rings (SSSR count). The predicted octanol–water partition coefficient (Wildman–Crippen LogP) is 5.30. The third kappa shape index (κ3) is 7.03. The minimum Gasteiger partial charge on any atom is -0.462 e. The summed E-state index contributed by atoms with van der Waals surface area (Å²) in [6.45, 7) is 2.00. The van der Waals surface area contributed by atoms with Crippen LogP contribution in [-0.4, -0.2) is 68.1 Å². The van der Waals surface area contributed by atoms with E-state index in [2.05, 4.69) is 12.2 Å². The second-order valence-corrected chi connectivity index (χ2v) is 15.5. The molecule has 5 N–H and O–H groups in total. The van der Waals surface area contributed by atoms with E-state index in [9.17, 15) is 30.0 Å². The maximum atomic E-state index is 12.8. The maximum Gasteiger partial charge on any atom is 0.335 e. The number of esters is 1. The fourth-order valence-electron chi connectivity index (χ4n) is 10.5. The molecule has 264 valence electrons. The van der Waals surface area contributed by atoms with Gasteiger partial charge in [0.05, 0.1) is 30.2 Å². The quantitative estimate of drug-likeness (QED) is 0.0958. The Balaban J connectivity index is 1.14. The number of hydrogen-bond acceptors (Lipinski definition) is 9. The molecule has 4 aliphatic carbocycles. The van der Waals surface area contributed by atoms with Crippen molar-refractivity contribution in [3.05, 3.63) is 46.5 Å². The molecule has 1 heterocycles. The third-order valence-electron chi connectivity index (χ3n) is 13.0. The van der Waals surface area contributed by atoms with Crippen LogP contribution in [0.5, 0.6) is 0 Å². The van der Waals surface area contributed by atoms with Crippen molar-refractivity contribution in [1.82, 2.24) is 0 Å². The van der Waals surface area contributed by atoms with Crippen molar-refractivity contribution in [3.63, 3.8) is 0 Å². The van der Waals surface area contributed by atoms with Crippen LogP contribution >= 0.6 is 0 Å². The van der Waals surface area contributed by atoms with E-state index in [0.29, 0.717) is 51.4 Å². The van der Waals surface area contributed by atoms with Crippen molar-refractivity contribution in [2.45, 2.75) is 152 Å². The zero-order chi connectivity index (χ0) is 33.7. The highest BCUT2D eigenvalue weighted by atomic mass is 16.5. The van der Waals surface area contributed by atoms with Gasteiger partial charge >= 0.3 is 11.6 Å². The number of allylic oxidation sites excluding steroid dienone is 2. The molecule has 4 saturated carbocycles. The first kappa shape index (κ1) is 36.2. The summed E-state index contributed by atoms with van der Waals surface area (Å²) in [6, 6.07) is 3.16. The SMILES string of the molecule is C[C@]12C[C@@H](O)C3C(CC[C@]4(O)C[C@@H](OC(=O)CCCCC/C=C/CCCCCCO)CC[C@]34CO)[C@@]1(O)CC[C@@H]2c1ccc(=O)oc1. The summed E-state index contributed by atoms with van der Waals surface area (Å²) in [6.07, 6.45) is 17.6. The molecule has 47 heavy (non-hydrogen) atoms. The second-order valence-electron chi connectivity index (χ2n) is 15.5. The second kappa shape index (κ2) is 15.2. The summed E-state index contributed by atoms with van der Waals surface area (Å²) in [5.74, 6) is -1.15. The Hall–Kier alpha value is -2.04. The fraction of sp³-hybridized carbons (Fsp3) is 0.789. The van der Waals surface area contributed by atoms with Gasteiger partial charge in [0.2, 0.25) is 0 Å². The molecule has 0 aromatic carbocycles. The standard InChI is InChI=1S/C38H58O9/c1-35-24-31(41)34-30(38(35,45)21-18-29(35)27-14-15-32(42)46-25-27)17-20-37(44)23-28(16-19-36(34,37)26-40)47-33(43)13-11-9-7-5-3-2-4-6-8-10-12-22-39/h2-3,14-15,25,28-31,34,39-41,44-45H,4-13,16-24,26H2,1H3/b3-2+/t28-,29+,30?,31+,34?,35+,36-,37-,38-/m0/s1. The smallest absolute Gasteiger partial charge is 0.335 e. The normalized spacial score (nSPS) is 38.1. The molecule has 0 amide bonds. The van der Waals surface area contributed by atoms with Crippen molar-refractivity contribution >= 4 is 5.97 Å². The number of unbranched alkanes of at least 4 members (excludes halogenated alkanes) is 7. The molecule has 0 aliphatic heterocycles. The Morgan fingerprint density at radius 3 is 2.34 bits per heavy atom. The van der Waals surface area contributed by atoms with Crippen LogP contribution in [0.3, 0.4) is 0 Å². The number of carbonyl (C=O) groups excluding carboxylic acids is 1. The summed E-state index contributed by atoms with van der Waals surface area (Å²) < 4.78 is 11.0. The van der Waals surface area contributed by atoms with Crippen LogP contribution in [-0.2, 0) is 9.53 Å². The molecular formula is C38H58O9. The van der Waals surface area contributed by atoms with Crippen LogP contribution in [0.1, 0.15) is 134 Å². The van der Waals surface area contributed by atoms with Crippen LogP contribution in [0.15, 0.2) is 39.8 Å². The number of hydrogen-bond donors (Lipinski definition) is 5. The lowest BCUT2D eigenvalue weighted by Crippen LogP contribution is -2.72. The Bertz CT molecular complexity index is 1260. The van der Waals surface area contributed by atoms with Crippen molar-refractivity contribution in [2.24, 2.45) is 22.7 Å². The highest BCUT2D eigenvalue weighted by Gasteiger charge is 2.73. The van der Waals surface area contributed by atoms with Gasteiger partial charge in [0.15, 0.2) is 0 Å². The first-order chi connectivity index (χ1) is 22.5. The van der Waals surface area contributed by atoms with E-state index in [1.165, 1.54) is 12.3 Å². The van der Waals surface area contributed by atoms with Crippen molar-refractivity contribution in [2.75, 3.05) is 13.2 Å². The first-order valence-electron chi connectivity index (χ1n) is 18.3. The summed E-state index contributed by atoms with van der Waals surface area (Å²) in [5, 5.41) is 56.3. The number of aliphatic hydroxyl groups excluding tert-OH is 3. The van der Waals surface area contributed by atoms with Gasteiger partial charge in [-0.15, -0.1) is 0 Å². The molecule has 1 aromatic rings. The number of ether oxygens (including phenoxy) is 1. The van der Waals surface area contributed by atoms with Crippen LogP contribution in [0.25, 0.3) is 0 Å². The summed E-state index contributed by atoms with van der Waals surface area (Å²) >= 11 is 0. The zero-order valence-corrected chi connectivity index (χ0v) is 28.3. The van der Waals surface area contributed by atoms with Crippen LogP contribution in [0.4, 0.5) is 0 Å². The monoisotopic (exact) mass is 658 g/mol. The highest BCUT2D eigenvalue weighted by Crippen LogP contribution is 2.71. The molecule has 1 aromatic heterocycles. The highest BCUT2D eigenvalue weighted by molar-refractivity contribution is 5.69. The Kier molecular flexibility index (Phi) is 11.8. The first-order valence-corrected chi connectivity index (χ1v) is 18.3. The lowest BCUT2D eigenvalue weighted by atomic mass is 9.41. The summed E-state index contributed by atoms with van der Waals surface area (Å²) in [4.78, 5) is 24.4. The van der Waals surface area contributed by atoms with E-state index in [0.717, 1.165) is 63.4 Å². The van der Waals surface area contributed by atoms with Gasteiger partial charge in [0.25, 0.3) is 0 Å². The molecule has 9 heteroatoms. The van der Waals surface area contributed by atoms with E-state index < -0.39 is 45.8 Å². The topological polar surface area (TPSA) is 158 Å². The van der Waals surface area contributed by atoms with E-state index >= 15 is 0 Å². The number of aliphatic hydroxyl groups is 5. The lowest BCUT2D eigenvalue weighted by molar-refractivity contribution is -0.292. The Morgan fingerprint density at radius 1 is 0.936 bits per heavy atom. The Labute approximate surface area is 279 Å². The van der Waals surface area contributed by atoms with Gasteiger partial charge in [-0.3, -0.25) is 4.79 Å². The van der Waals surface area contributed by atoms with Gasteiger partial charge in [-0.1, -0.05) is 38.3 Å². The minimum atomic E-state index is -1.32. The van der Waals surface area contributed by atoms with Crippen LogP contribution < -0.4 is 5.63 Å². The lowest BCUT2D eigenvalue weighted by Gasteiger charge is -2.67. The molecule has 0 saturated heterocycles. The van der Waals surface area contributed by atoms with E-state index in [-0.39, 0.29) is 37.4 Å². The largest absolute Gasteiger partial charge is 0.462 e. The molecule has 4 aliphatic rings. The number of rotatable bonds is 15. The number of fused-ring (bicyclic) bond motifs is 5. The van der Waals surface area contributed by atoms with E-state index in [1.54, 1.807) is 6.07 Å². The van der Waals surface area contributed by atoms with Crippen molar-refractivity contribution in [1.29, 1.82) is 0 Å². The van der Waals surface area contributed by atoms with Gasteiger partial charge in [-0.05, 0) is 107 Å². The molecule has 9 atom stereocenters. The average Bonchev–Trinajstić information content (AvgIpc) is 3.31. The predicted molar refractivity (Wildman–Crippen MR) is 177 cm³/mol. The number of carbonyl (C=O) groups is 1. The average molecular weight is 659 g/mol. The third-order valence-corrected chi connectivity index (χ3v) is 13.0. The summed E-state index contributed by atoms with van der Waals surface area (Å²) in [7, 11) is 0. The molecule has 4 fully saturated rings. The van der Waals surface area contributed by atoms with E-state index in [4.69, 9.17) is 14.3 Å². The molecular weight excluding hydrogens is 600 g/mol. The Morgan fingerprint density at radius 2 is 1.66 bits per heavy atom. The van der Waals surface area contributed by atoms with E-state index in [1.807, 2.05) is 6.92 Å². The molecule has 0 spiro atoms. The van der Waals surface area contributed by atoms with Crippen LogP contribution in [0, 0.1) is 22.7 Å². The van der Waals surface area contributed by atoms with Crippen LogP contribution in [0.2, 0.25) is 0 Å². The van der Waals surface area contributed by atoms with Gasteiger partial charge in [-0.25, -0.2) is 4.79 Å². The maximum absolute atomic E-state index is 12.8. The molecule has 0 radical (unpaired) electrons. The van der Waals surface area contributed by atoms with Gasteiger partial charge in [0, 0.05) is 42.3 Å². The summed E-state index contributed by atoms with van der Waals surface area (Å²) in [5.41, 5.74) is -3.67. The minimum absolute atomic E-state index is 0.0943. The van der Waals surface area contributed by atoms with Crippen molar-refractivity contribution in [3.8, 4) is 0 Å². The van der Waals surface area contributed by atoms with Crippen molar-refractivity contribution < 1.29 is 39.5 Å². The molecule has 9 nitrogen and oxygen atoms in total. The molecule has 0 bridgehead atoms. The van der Waals surface area contributed by atoms with Gasteiger partial charge in [0.1, 0.15) is 6.10 Å². The molecule has 2 unspecified atom stereocenters. The zero-order valence-electron chi connectivity index (χ0n) is 28.3. The fourth-order valence-corrected chi connectivity index (χ4v) is 10.5. The van der Waals surface area contributed by atoms with Gasteiger partial charge < -0.3 is 34.7 Å². The van der Waals surface area contributed by atoms with Gasteiger partial charge in [-0.2, -0.15) is 0 Å².